The summed E-state index contributed by atoms with van der Waals surface area (Å²) in [6.07, 6.45) is 1.90. The van der Waals surface area contributed by atoms with Gasteiger partial charge in [0.2, 0.25) is 11.6 Å². The summed E-state index contributed by atoms with van der Waals surface area (Å²) in [7, 11) is 0. The van der Waals surface area contributed by atoms with Gasteiger partial charge in [-0.05, 0) is 40.2 Å². The van der Waals surface area contributed by atoms with E-state index < -0.39 is 11.2 Å². The van der Waals surface area contributed by atoms with Crippen LogP contribution in [0.4, 0.5) is 0 Å². The molecule has 0 aromatic heterocycles. The minimum atomic E-state index is -0.762. The number of ketones is 2. The van der Waals surface area contributed by atoms with Crippen molar-refractivity contribution in [3.63, 3.8) is 0 Å². The van der Waals surface area contributed by atoms with Gasteiger partial charge in [0.15, 0.2) is 0 Å². The highest BCUT2D eigenvalue weighted by Gasteiger charge is 2.44. The molecular formula is C14H16O2. The van der Waals surface area contributed by atoms with E-state index >= 15 is 0 Å². The van der Waals surface area contributed by atoms with Crippen molar-refractivity contribution in [1.82, 2.24) is 0 Å². The van der Waals surface area contributed by atoms with E-state index in [4.69, 9.17) is 0 Å². The summed E-state index contributed by atoms with van der Waals surface area (Å²) < 4.78 is 0. The minimum absolute atomic E-state index is 0.354. The Morgan fingerprint density at radius 1 is 1.31 bits per heavy atom. The third kappa shape index (κ3) is 1.86. The molecule has 0 fully saturated rings. The molecule has 0 amide bonds. The molecule has 1 rings (SSSR count). The van der Waals surface area contributed by atoms with Crippen molar-refractivity contribution in [3.8, 4) is 11.8 Å². The van der Waals surface area contributed by atoms with Gasteiger partial charge in [0, 0.05) is 11.1 Å². The number of hydrogen-bond acceptors (Lipinski definition) is 2. The van der Waals surface area contributed by atoms with Crippen molar-refractivity contribution in [2.45, 2.75) is 34.6 Å². The van der Waals surface area contributed by atoms with Crippen LogP contribution in [-0.4, -0.2) is 11.6 Å². The zero-order chi connectivity index (χ0) is 12.5. The molecule has 84 valence electrons. The van der Waals surface area contributed by atoms with Crippen LogP contribution in [0.5, 0.6) is 0 Å². The molecule has 1 aliphatic carbocycles. The van der Waals surface area contributed by atoms with Crippen molar-refractivity contribution in [1.29, 1.82) is 0 Å². The molecule has 0 aliphatic heterocycles. The van der Waals surface area contributed by atoms with Crippen molar-refractivity contribution in [2.24, 2.45) is 5.41 Å². The molecule has 0 unspecified atom stereocenters. The highest BCUT2D eigenvalue weighted by molar-refractivity contribution is 6.48. The normalized spacial score (nSPS) is 19.9. The first-order chi connectivity index (χ1) is 7.32. The molecule has 0 atom stereocenters. The van der Waals surface area contributed by atoms with Gasteiger partial charge in [-0.2, -0.15) is 0 Å². The van der Waals surface area contributed by atoms with Gasteiger partial charge in [0.05, 0.1) is 5.41 Å². The average Bonchev–Trinajstić information content (AvgIpc) is 2.38. The van der Waals surface area contributed by atoms with E-state index in [1.54, 1.807) is 20.8 Å². The summed E-state index contributed by atoms with van der Waals surface area (Å²) in [5.74, 6) is 5.15. The second kappa shape index (κ2) is 4.09. The molecule has 0 spiro atoms. The van der Waals surface area contributed by atoms with E-state index in [2.05, 4.69) is 11.8 Å². The molecule has 2 heteroatoms. The Hall–Kier alpha value is -1.62. The lowest BCUT2D eigenvalue weighted by Crippen LogP contribution is -2.25. The van der Waals surface area contributed by atoms with Crippen LogP contribution < -0.4 is 0 Å². The maximum absolute atomic E-state index is 11.7. The second-order valence-electron chi connectivity index (χ2n) is 4.50. The van der Waals surface area contributed by atoms with E-state index in [0.29, 0.717) is 11.1 Å². The first-order valence-corrected chi connectivity index (χ1v) is 5.27. The van der Waals surface area contributed by atoms with Gasteiger partial charge >= 0.3 is 0 Å². The molecule has 0 radical (unpaired) electrons. The first-order valence-electron chi connectivity index (χ1n) is 5.27. The first kappa shape index (κ1) is 12.4. The monoisotopic (exact) mass is 216 g/mol. The maximum atomic E-state index is 11.7. The fourth-order valence-corrected chi connectivity index (χ4v) is 1.63. The van der Waals surface area contributed by atoms with Gasteiger partial charge in [-0.1, -0.05) is 17.9 Å². The van der Waals surface area contributed by atoms with Crippen LogP contribution in [0.1, 0.15) is 34.6 Å². The Morgan fingerprint density at radius 3 is 2.25 bits per heavy atom. The number of rotatable bonds is 0. The number of allylic oxidation sites excluding steroid dienone is 4. The lowest BCUT2D eigenvalue weighted by Gasteiger charge is -2.15. The van der Waals surface area contributed by atoms with Crippen LogP contribution >= 0.6 is 0 Å². The second-order valence-corrected chi connectivity index (χ2v) is 4.50. The number of carbonyl (C=O) groups excluding carboxylic acids is 2. The minimum Gasteiger partial charge on any atom is -0.289 e. The topological polar surface area (TPSA) is 34.1 Å². The zero-order valence-corrected chi connectivity index (χ0v) is 10.4. The summed E-state index contributed by atoms with van der Waals surface area (Å²) in [6.45, 7) is 8.97. The quantitative estimate of drug-likeness (QED) is 0.460. The Balaban J connectivity index is 3.26. The molecule has 2 nitrogen and oxygen atoms in total. The van der Waals surface area contributed by atoms with Crippen molar-refractivity contribution < 1.29 is 9.59 Å². The standard InChI is InChI=1S/C14H16O2/c1-6-9(2)7-8-11-10(3)12(15)13(16)14(11,4)5/h6H,1-5H3. The van der Waals surface area contributed by atoms with Crippen molar-refractivity contribution in [3.05, 3.63) is 22.8 Å². The highest BCUT2D eigenvalue weighted by Crippen LogP contribution is 2.36. The van der Waals surface area contributed by atoms with E-state index in [1.807, 2.05) is 19.9 Å². The summed E-state index contributed by atoms with van der Waals surface area (Å²) in [5.41, 5.74) is 1.32. The molecule has 0 N–H and O–H groups in total. The molecule has 0 aromatic carbocycles. The van der Waals surface area contributed by atoms with Crippen molar-refractivity contribution >= 4 is 11.6 Å². The van der Waals surface area contributed by atoms with Gasteiger partial charge < -0.3 is 0 Å². The maximum Gasteiger partial charge on any atom is 0.226 e. The van der Waals surface area contributed by atoms with Gasteiger partial charge in [-0.3, -0.25) is 9.59 Å². The molecule has 16 heavy (non-hydrogen) atoms. The van der Waals surface area contributed by atoms with E-state index in [-0.39, 0.29) is 5.78 Å². The molecule has 0 saturated carbocycles. The van der Waals surface area contributed by atoms with Gasteiger partial charge in [-0.25, -0.2) is 0 Å². The summed E-state index contributed by atoms with van der Waals surface area (Å²) in [4.78, 5) is 23.2. The predicted molar refractivity (Wildman–Crippen MR) is 63.7 cm³/mol. The summed E-state index contributed by atoms with van der Waals surface area (Å²) in [5, 5.41) is 0. The number of Topliss-reactive ketones (excluding diaryl/α,β-unsaturated/α-hetero) is 2. The van der Waals surface area contributed by atoms with Crippen LogP contribution in [0.15, 0.2) is 22.8 Å². The van der Waals surface area contributed by atoms with Crippen LogP contribution in [0.3, 0.4) is 0 Å². The molecular weight excluding hydrogens is 200 g/mol. The lowest BCUT2D eigenvalue weighted by atomic mass is 9.84. The third-order valence-electron chi connectivity index (χ3n) is 2.93. The Bertz CT molecular complexity index is 477. The van der Waals surface area contributed by atoms with Crippen molar-refractivity contribution in [2.75, 3.05) is 0 Å². The Kier molecular flexibility index (Phi) is 3.19. The fourth-order valence-electron chi connectivity index (χ4n) is 1.63. The van der Waals surface area contributed by atoms with Gasteiger partial charge in [0.25, 0.3) is 0 Å². The Labute approximate surface area is 96.4 Å². The Morgan fingerprint density at radius 2 is 1.88 bits per heavy atom. The number of carbonyl (C=O) groups is 2. The predicted octanol–water partition coefficient (Wildman–Crippen LogP) is 2.45. The molecule has 0 bridgehead atoms. The zero-order valence-electron chi connectivity index (χ0n) is 10.4. The largest absolute Gasteiger partial charge is 0.289 e. The van der Waals surface area contributed by atoms with Crippen LogP contribution in [0.25, 0.3) is 0 Å². The third-order valence-corrected chi connectivity index (χ3v) is 2.93. The van der Waals surface area contributed by atoms with Gasteiger partial charge in [0.1, 0.15) is 0 Å². The fraction of sp³-hybridized carbons (Fsp3) is 0.429. The highest BCUT2D eigenvalue weighted by atomic mass is 16.2. The SMILES string of the molecule is CC=C(C)C#CC1=C(C)C(=O)C(=O)C1(C)C. The van der Waals surface area contributed by atoms with E-state index in [9.17, 15) is 9.59 Å². The van der Waals surface area contributed by atoms with Gasteiger partial charge in [-0.15, -0.1) is 0 Å². The molecule has 0 heterocycles. The van der Waals surface area contributed by atoms with Crippen LogP contribution in [0.2, 0.25) is 0 Å². The molecule has 1 aliphatic rings. The van der Waals surface area contributed by atoms with Crippen LogP contribution in [0, 0.1) is 17.3 Å². The van der Waals surface area contributed by atoms with Crippen LogP contribution in [-0.2, 0) is 9.59 Å². The van der Waals surface area contributed by atoms with E-state index in [0.717, 1.165) is 5.57 Å². The average molecular weight is 216 g/mol. The molecule has 0 saturated heterocycles. The summed E-state index contributed by atoms with van der Waals surface area (Å²) >= 11 is 0. The molecule has 0 aromatic rings. The number of hydrogen-bond donors (Lipinski definition) is 0. The lowest BCUT2D eigenvalue weighted by molar-refractivity contribution is -0.136. The summed E-state index contributed by atoms with van der Waals surface area (Å²) in [6, 6.07) is 0. The van der Waals surface area contributed by atoms with E-state index in [1.165, 1.54) is 0 Å². The smallest absolute Gasteiger partial charge is 0.226 e.